The maximum Gasteiger partial charge on any atom is 0.319 e. The lowest BCUT2D eigenvalue weighted by atomic mass is 9.90. The van der Waals surface area contributed by atoms with E-state index in [0.717, 1.165) is 24.8 Å². The maximum atomic E-state index is 12.7. The number of nitrogens with zero attached hydrogens (tertiary/aromatic N) is 1. The van der Waals surface area contributed by atoms with Crippen LogP contribution in [-0.2, 0) is 16.0 Å². The Morgan fingerprint density at radius 1 is 0.967 bits per heavy atom. The first-order chi connectivity index (χ1) is 14.5. The van der Waals surface area contributed by atoms with Crippen LogP contribution in [-0.4, -0.2) is 35.3 Å². The summed E-state index contributed by atoms with van der Waals surface area (Å²) in [6.07, 6.45) is 3.06. The van der Waals surface area contributed by atoms with E-state index in [-0.39, 0.29) is 30.3 Å². The largest absolute Gasteiger partial charge is 0.335 e. The topological polar surface area (TPSA) is 90.5 Å². The van der Waals surface area contributed by atoms with Gasteiger partial charge in [0.25, 0.3) is 0 Å². The molecule has 156 valence electrons. The minimum atomic E-state index is -0.264. The predicted octanol–water partition coefficient (Wildman–Crippen LogP) is 3.45. The van der Waals surface area contributed by atoms with Gasteiger partial charge in [-0.05, 0) is 54.7 Å². The Kier molecular flexibility index (Phi) is 5.70. The lowest BCUT2D eigenvalue weighted by molar-refractivity contribution is -0.132. The van der Waals surface area contributed by atoms with Crippen LogP contribution in [0.2, 0.25) is 0 Å². The van der Waals surface area contributed by atoms with Crippen molar-refractivity contribution in [1.82, 2.24) is 10.2 Å². The SMILES string of the molecule is CC(=O)N1CCc2ccccc2C1CC(=O)Nc1ccc(NC(=O)NC2CC2)cc1. The van der Waals surface area contributed by atoms with Crippen LogP contribution in [0.15, 0.2) is 48.5 Å². The lowest BCUT2D eigenvalue weighted by Gasteiger charge is -2.36. The molecule has 7 heteroatoms. The van der Waals surface area contributed by atoms with Crippen molar-refractivity contribution in [3.63, 3.8) is 0 Å². The summed E-state index contributed by atoms with van der Waals surface area (Å²) in [5.41, 5.74) is 3.53. The molecule has 1 aliphatic carbocycles. The van der Waals surface area contributed by atoms with Crippen LogP contribution < -0.4 is 16.0 Å². The molecule has 0 saturated heterocycles. The molecule has 0 spiro atoms. The molecule has 4 rings (SSSR count). The molecule has 0 aromatic heterocycles. The van der Waals surface area contributed by atoms with Gasteiger partial charge in [-0.2, -0.15) is 0 Å². The highest BCUT2D eigenvalue weighted by Crippen LogP contribution is 2.32. The van der Waals surface area contributed by atoms with Crippen molar-refractivity contribution in [2.24, 2.45) is 0 Å². The van der Waals surface area contributed by atoms with Gasteiger partial charge in [-0.3, -0.25) is 9.59 Å². The number of benzene rings is 2. The molecular formula is C23H26N4O3. The van der Waals surface area contributed by atoms with E-state index < -0.39 is 0 Å². The summed E-state index contributed by atoms with van der Waals surface area (Å²) < 4.78 is 0. The van der Waals surface area contributed by atoms with Gasteiger partial charge in [-0.1, -0.05) is 24.3 Å². The van der Waals surface area contributed by atoms with Crippen molar-refractivity contribution in [1.29, 1.82) is 0 Å². The van der Waals surface area contributed by atoms with Crippen LogP contribution in [0.4, 0.5) is 16.2 Å². The average molecular weight is 406 g/mol. The van der Waals surface area contributed by atoms with E-state index in [1.54, 1.807) is 36.1 Å². The van der Waals surface area contributed by atoms with E-state index in [0.29, 0.717) is 24.0 Å². The van der Waals surface area contributed by atoms with Crippen molar-refractivity contribution in [3.05, 3.63) is 59.7 Å². The van der Waals surface area contributed by atoms with E-state index >= 15 is 0 Å². The monoisotopic (exact) mass is 406 g/mol. The number of hydrogen-bond acceptors (Lipinski definition) is 3. The van der Waals surface area contributed by atoms with Crippen LogP contribution in [0.1, 0.15) is 43.4 Å². The number of urea groups is 1. The molecule has 2 aromatic rings. The van der Waals surface area contributed by atoms with Crippen molar-refractivity contribution < 1.29 is 14.4 Å². The zero-order chi connectivity index (χ0) is 21.1. The minimum absolute atomic E-state index is 0.0257. The van der Waals surface area contributed by atoms with E-state index in [4.69, 9.17) is 0 Å². The molecule has 4 amide bonds. The molecule has 2 aliphatic rings. The molecule has 0 bridgehead atoms. The molecule has 1 atom stereocenters. The lowest BCUT2D eigenvalue weighted by Crippen LogP contribution is -2.40. The molecule has 1 saturated carbocycles. The molecule has 30 heavy (non-hydrogen) atoms. The molecule has 3 N–H and O–H groups in total. The summed E-state index contributed by atoms with van der Waals surface area (Å²) in [6.45, 7) is 2.16. The molecule has 1 aliphatic heterocycles. The molecule has 0 radical (unpaired) electrons. The molecule has 1 unspecified atom stereocenters. The summed E-state index contributed by atoms with van der Waals surface area (Å²) in [6, 6.07) is 14.8. The number of anilines is 2. The van der Waals surface area contributed by atoms with E-state index in [9.17, 15) is 14.4 Å². The molecular weight excluding hydrogens is 380 g/mol. The molecule has 7 nitrogen and oxygen atoms in total. The van der Waals surface area contributed by atoms with Gasteiger partial charge in [-0.25, -0.2) is 4.79 Å². The number of nitrogens with one attached hydrogen (secondary N) is 3. The normalized spacial score (nSPS) is 17.6. The van der Waals surface area contributed by atoms with Gasteiger partial charge in [-0.15, -0.1) is 0 Å². The number of carbonyl (C=O) groups is 3. The Morgan fingerprint density at radius 2 is 1.63 bits per heavy atom. The summed E-state index contributed by atoms with van der Waals surface area (Å²) in [5, 5.41) is 8.54. The first-order valence-electron chi connectivity index (χ1n) is 10.3. The highest BCUT2D eigenvalue weighted by atomic mass is 16.2. The van der Waals surface area contributed by atoms with Crippen LogP contribution in [0.5, 0.6) is 0 Å². The number of amides is 4. The van der Waals surface area contributed by atoms with Gasteiger partial charge in [0.2, 0.25) is 11.8 Å². The van der Waals surface area contributed by atoms with Crippen LogP contribution in [0.25, 0.3) is 0 Å². The maximum absolute atomic E-state index is 12.7. The second-order valence-corrected chi connectivity index (χ2v) is 7.88. The summed E-state index contributed by atoms with van der Waals surface area (Å²) in [5.74, 6) is -0.183. The summed E-state index contributed by atoms with van der Waals surface area (Å²) >= 11 is 0. The van der Waals surface area contributed by atoms with Crippen LogP contribution in [0.3, 0.4) is 0 Å². The predicted molar refractivity (Wildman–Crippen MR) is 115 cm³/mol. The Morgan fingerprint density at radius 3 is 2.30 bits per heavy atom. The Hall–Kier alpha value is -3.35. The van der Waals surface area contributed by atoms with Gasteiger partial charge in [0.05, 0.1) is 12.5 Å². The van der Waals surface area contributed by atoms with Crippen molar-refractivity contribution in [2.75, 3.05) is 17.2 Å². The van der Waals surface area contributed by atoms with E-state index in [2.05, 4.69) is 22.0 Å². The van der Waals surface area contributed by atoms with E-state index in [1.165, 1.54) is 5.56 Å². The zero-order valence-corrected chi connectivity index (χ0v) is 17.0. The number of hydrogen-bond donors (Lipinski definition) is 3. The third-order valence-electron chi connectivity index (χ3n) is 5.53. The fraction of sp³-hybridized carbons (Fsp3) is 0.348. The second-order valence-electron chi connectivity index (χ2n) is 7.88. The van der Waals surface area contributed by atoms with Crippen LogP contribution in [0, 0.1) is 0 Å². The molecule has 2 aromatic carbocycles. The average Bonchev–Trinajstić information content (AvgIpc) is 3.53. The van der Waals surface area contributed by atoms with Gasteiger partial charge < -0.3 is 20.9 Å². The first kappa shape index (κ1) is 19.9. The minimum Gasteiger partial charge on any atom is -0.335 e. The highest BCUT2D eigenvalue weighted by molar-refractivity contribution is 5.93. The number of fused-ring (bicyclic) bond motifs is 1. The van der Waals surface area contributed by atoms with Crippen molar-refractivity contribution >= 4 is 29.2 Å². The van der Waals surface area contributed by atoms with E-state index in [1.807, 2.05) is 18.2 Å². The summed E-state index contributed by atoms with van der Waals surface area (Å²) in [4.78, 5) is 38.4. The third-order valence-corrected chi connectivity index (χ3v) is 5.53. The smallest absolute Gasteiger partial charge is 0.319 e. The Labute approximate surface area is 175 Å². The fourth-order valence-electron chi connectivity index (χ4n) is 3.85. The Balaban J connectivity index is 1.38. The Bertz CT molecular complexity index is 953. The van der Waals surface area contributed by atoms with Gasteiger partial charge >= 0.3 is 6.03 Å². The second kappa shape index (κ2) is 8.57. The third kappa shape index (κ3) is 4.79. The zero-order valence-electron chi connectivity index (χ0n) is 17.0. The fourth-order valence-corrected chi connectivity index (χ4v) is 3.85. The van der Waals surface area contributed by atoms with Crippen LogP contribution >= 0.6 is 0 Å². The van der Waals surface area contributed by atoms with Crippen molar-refractivity contribution in [3.8, 4) is 0 Å². The standard InChI is InChI=1S/C23H26N4O3/c1-15(28)27-13-12-16-4-2-3-5-20(16)21(27)14-22(29)24-17-6-8-18(9-7-17)25-23(30)26-19-10-11-19/h2-9,19,21H,10-14H2,1H3,(H,24,29)(H2,25,26,30). The van der Waals surface area contributed by atoms with Crippen molar-refractivity contribution in [2.45, 2.75) is 44.7 Å². The quantitative estimate of drug-likeness (QED) is 0.710. The summed E-state index contributed by atoms with van der Waals surface area (Å²) in [7, 11) is 0. The van der Waals surface area contributed by atoms with Gasteiger partial charge in [0.1, 0.15) is 0 Å². The van der Waals surface area contributed by atoms with Gasteiger partial charge in [0, 0.05) is 30.9 Å². The molecule has 1 fully saturated rings. The highest BCUT2D eigenvalue weighted by Gasteiger charge is 2.30. The first-order valence-corrected chi connectivity index (χ1v) is 10.3. The van der Waals surface area contributed by atoms with Gasteiger partial charge in [0.15, 0.2) is 0 Å². The number of rotatable bonds is 5. The number of carbonyl (C=O) groups excluding carboxylic acids is 3. The molecule has 1 heterocycles.